The van der Waals surface area contributed by atoms with Gasteiger partial charge >= 0.3 is 0 Å². The third kappa shape index (κ3) is 7.95. The summed E-state index contributed by atoms with van der Waals surface area (Å²) in [6, 6.07) is 13.9. The first kappa shape index (κ1) is 24.3. The molecular weight excluding hydrogens is 450 g/mol. The first-order valence-corrected chi connectivity index (χ1v) is 12.6. The minimum atomic E-state index is -1.03. The first-order chi connectivity index (χ1) is 15.4. The summed E-state index contributed by atoms with van der Waals surface area (Å²) >= 11 is 5.83. The molecule has 0 saturated heterocycles. The van der Waals surface area contributed by atoms with E-state index < -0.39 is 10.8 Å². The lowest BCUT2D eigenvalue weighted by atomic mass is 9.83. The van der Waals surface area contributed by atoms with E-state index in [4.69, 9.17) is 21.1 Å². The second-order valence-electron chi connectivity index (χ2n) is 7.98. The van der Waals surface area contributed by atoms with Crippen LogP contribution in [0.4, 0.5) is 0 Å². The molecule has 2 aromatic carbocycles. The second-order valence-corrected chi connectivity index (χ2v) is 9.80. The van der Waals surface area contributed by atoms with Gasteiger partial charge in [0.05, 0.1) is 0 Å². The fourth-order valence-corrected chi connectivity index (χ4v) is 4.38. The minimum Gasteiger partial charge on any atom is -0.486 e. The number of ketones is 1. The minimum absolute atomic E-state index is 0.0350. The number of Topliss-reactive ketones (excluding diaryl/α,β-unsaturated/α-hetero) is 1. The van der Waals surface area contributed by atoms with E-state index in [-0.39, 0.29) is 30.9 Å². The van der Waals surface area contributed by atoms with Gasteiger partial charge in [-0.25, -0.2) is 0 Å². The molecule has 32 heavy (non-hydrogen) atoms. The van der Waals surface area contributed by atoms with Crippen LogP contribution in [-0.4, -0.2) is 41.4 Å². The molecule has 0 radical (unpaired) electrons. The lowest BCUT2D eigenvalue weighted by Gasteiger charge is -2.28. The number of hydrogen-bond acceptors (Lipinski definition) is 5. The number of carbonyl (C=O) groups excluding carboxylic acids is 2. The van der Waals surface area contributed by atoms with E-state index in [1.54, 1.807) is 54.8 Å². The lowest BCUT2D eigenvalue weighted by Crippen LogP contribution is -2.40. The smallest absolute Gasteiger partial charge is 0.258 e. The highest BCUT2D eigenvalue weighted by Gasteiger charge is 2.24. The summed E-state index contributed by atoms with van der Waals surface area (Å²) in [5.41, 5.74) is 0. The molecule has 3 rings (SSSR count). The SMILES string of the molecule is CS(=O)c1ccc(OCC(=O)CC2CCC(NC(=O)COc3ccc(Cl)cc3)CC2)cc1. The van der Waals surface area contributed by atoms with Crippen molar-refractivity contribution in [3.8, 4) is 11.5 Å². The Morgan fingerprint density at radius 3 is 2.09 bits per heavy atom. The maximum Gasteiger partial charge on any atom is 0.258 e. The molecule has 8 heteroatoms. The number of halogens is 1. The van der Waals surface area contributed by atoms with E-state index >= 15 is 0 Å². The van der Waals surface area contributed by atoms with Crippen LogP contribution in [0.2, 0.25) is 5.02 Å². The zero-order chi connectivity index (χ0) is 22.9. The molecule has 6 nitrogen and oxygen atoms in total. The van der Waals surface area contributed by atoms with E-state index in [1.165, 1.54) is 0 Å². The zero-order valence-electron chi connectivity index (χ0n) is 18.1. The lowest BCUT2D eigenvalue weighted by molar-refractivity contribution is -0.125. The van der Waals surface area contributed by atoms with E-state index in [9.17, 15) is 13.8 Å². The van der Waals surface area contributed by atoms with Crippen LogP contribution in [0.1, 0.15) is 32.1 Å². The van der Waals surface area contributed by atoms with Crippen LogP contribution in [0.3, 0.4) is 0 Å². The van der Waals surface area contributed by atoms with Crippen LogP contribution < -0.4 is 14.8 Å². The van der Waals surface area contributed by atoms with Crippen LogP contribution in [0, 0.1) is 5.92 Å². The monoisotopic (exact) mass is 477 g/mol. The average molecular weight is 478 g/mol. The normalized spacial score (nSPS) is 19.1. The van der Waals surface area contributed by atoms with Gasteiger partial charge in [-0.3, -0.25) is 13.8 Å². The molecule has 0 spiro atoms. The molecule has 1 N–H and O–H groups in total. The molecule has 0 aromatic heterocycles. The van der Waals surface area contributed by atoms with Gasteiger partial charge < -0.3 is 14.8 Å². The third-order valence-corrected chi connectivity index (χ3v) is 6.66. The Morgan fingerprint density at radius 2 is 1.50 bits per heavy atom. The number of nitrogens with one attached hydrogen (secondary N) is 1. The summed E-state index contributed by atoms with van der Waals surface area (Å²) in [5, 5.41) is 3.63. The van der Waals surface area contributed by atoms with E-state index in [1.807, 2.05) is 0 Å². The fourth-order valence-electron chi connectivity index (χ4n) is 3.73. The van der Waals surface area contributed by atoms with Crippen LogP contribution in [-0.2, 0) is 20.4 Å². The van der Waals surface area contributed by atoms with Crippen molar-refractivity contribution in [1.29, 1.82) is 0 Å². The average Bonchev–Trinajstić information content (AvgIpc) is 2.79. The van der Waals surface area contributed by atoms with E-state index in [0.29, 0.717) is 28.9 Å². The van der Waals surface area contributed by atoms with Gasteiger partial charge in [-0.2, -0.15) is 0 Å². The highest BCUT2D eigenvalue weighted by molar-refractivity contribution is 7.84. The molecule has 0 heterocycles. The van der Waals surface area contributed by atoms with Crippen molar-refractivity contribution < 1.29 is 23.3 Å². The van der Waals surface area contributed by atoms with E-state index in [2.05, 4.69) is 5.32 Å². The van der Waals surface area contributed by atoms with Crippen molar-refractivity contribution in [2.45, 2.75) is 43.0 Å². The molecule has 172 valence electrons. The summed E-state index contributed by atoms with van der Waals surface area (Å²) in [6.45, 7) is -0.000205. The Balaban J connectivity index is 1.31. The summed E-state index contributed by atoms with van der Waals surface area (Å²) in [5.74, 6) is 1.43. The van der Waals surface area contributed by atoms with Crippen molar-refractivity contribution in [1.82, 2.24) is 5.32 Å². The first-order valence-electron chi connectivity index (χ1n) is 10.6. The maximum absolute atomic E-state index is 12.3. The Bertz CT molecular complexity index is 924. The molecule has 0 aliphatic heterocycles. The Hall–Kier alpha value is -2.38. The molecule has 1 unspecified atom stereocenters. The predicted molar refractivity (Wildman–Crippen MR) is 125 cm³/mol. The third-order valence-electron chi connectivity index (χ3n) is 5.47. The highest BCUT2D eigenvalue weighted by Crippen LogP contribution is 2.27. The number of amides is 1. The van der Waals surface area contributed by atoms with E-state index in [0.717, 1.165) is 30.6 Å². The molecule has 1 aliphatic carbocycles. The summed E-state index contributed by atoms with van der Waals surface area (Å²) in [7, 11) is -1.03. The summed E-state index contributed by atoms with van der Waals surface area (Å²) < 4.78 is 22.4. The molecule has 2 aromatic rings. The zero-order valence-corrected chi connectivity index (χ0v) is 19.6. The standard InChI is InChI=1S/C24H28ClNO5S/c1-32(29)23-12-10-22(11-13-23)30-15-20(27)14-17-2-6-19(7-3-17)26-24(28)16-31-21-8-4-18(25)5-9-21/h4-5,8-13,17,19H,2-3,6-7,14-16H2,1H3,(H,26,28). The van der Waals surface area contributed by atoms with Crippen LogP contribution in [0.5, 0.6) is 11.5 Å². The van der Waals surface area contributed by atoms with Gasteiger partial charge in [0.1, 0.15) is 18.1 Å². The van der Waals surface area contributed by atoms with Gasteiger partial charge in [-0.05, 0) is 80.1 Å². The van der Waals surface area contributed by atoms with Gasteiger partial charge in [0.2, 0.25) is 0 Å². The van der Waals surface area contributed by atoms with Crippen LogP contribution in [0.25, 0.3) is 0 Å². The quantitative estimate of drug-likeness (QED) is 0.555. The fraction of sp³-hybridized carbons (Fsp3) is 0.417. The Morgan fingerprint density at radius 1 is 0.938 bits per heavy atom. The second kappa shape index (κ2) is 12.0. The number of hydrogen-bond donors (Lipinski definition) is 1. The van der Waals surface area contributed by atoms with Crippen molar-refractivity contribution >= 4 is 34.1 Å². The molecule has 1 fully saturated rings. The van der Waals surface area contributed by atoms with Crippen LogP contribution in [0.15, 0.2) is 53.4 Å². The topological polar surface area (TPSA) is 81.7 Å². The number of ether oxygens (including phenoxy) is 2. The molecule has 0 bridgehead atoms. The van der Waals surface area contributed by atoms with Crippen LogP contribution >= 0.6 is 11.6 Å². The van der Waals surface area contributed by atoms with Gasteiger partial charge in [0.15, 0.2) is 12.4 Å². The molecule has 1 atom stereocenters. The molecular formula is C24H28ClNO5S. The van der Waals surface area contributed by atoms with Gasteiger partial charge in [0, 0.05) is 39.4 Å². The van der Waals surface area contributed by atoms with Gasteiger partial charge in [0.25, 0.3) is 5.91 Å². The highest BCUT2D eigenvalue weighted by atomic mass is 35.5. The molecule has 1 amide bonds. The Kier molecular flexibility index (Phi) is 9.11. The van der Waals surface area contributed by atoms with Crippen molar-refractivity contribution in [3.63, 3.8) is 0 Å². The predicted octanol–water partition coefficient (Wildman–Crippen LogP) is 4.17. The van der Waals surface area contributed by atoms with Gasteiger partial charge in [-0.1, -0.05) is 11.6 Å². The molecule has 1 saturated carbocycles. The molecule has 1 aliphatic rings. The Labute approximate surface area is 196 Å². The van der Waals surface area contributed by atoms with Crippen molar-refractivity contribution in [3.05, 3.63) is 53.6 Å². The summed E-state index contributed by atoms with van der Waals surface area (Å²) in [6.07, 6.45) is 5.59. The maximum atomic E-state index is 12.3. The van der Waals surface area contributed by atoms with Gasteiger partial charge in [-0.15, -0.1) is 0 Å². The summed E-state index contributed by atoms with van der Waals surface area (Å²) in [4.78, 5) is 25.2. The number of benzene rings is 2. The number of rotatable bonds is 10. The van der Waals surface area contributed by atoms with Crippen molar-refractivity contribution in [2.24, 2.45) is 5.92 Å². The van der Waals surface area contributed by atoms with Crippen molar-refractivity contribution in [2.75, 3.05) is 19.5 Å². The number of carbonyl (C=O) groups is 2. The largest absolute Gasteiger partial charge is 0.486 e.